The highest BCUT2D eigenvalue weighted by Crippen LogP contribution is 2.16. The molecular formula is C13H20ClN3O. The smallest absolute Gasteiger partial charge is 0.254 e. The molecule has 0 aliphatic heterocycles. The number of rotatable bonds is 6. The van der Waals surface area contributed by atoms with Crippen LogP contribution in [0.15, 0.2) is 12.1 Å². The molecule has 0 aliphatic rings. The van der Waals surface area contributed by atoms with E-state index in [2.05, 4.69) is 17.2 Å². The van der Waals surface area contributed by atoms with E-state index in [4.69, 9.17) is 11.6 Å². The molecule has 1 N–H and O–H groups in total. The Labute approximate surface area is 113 Å². The standard InChI is InChI=1S/C13H20ClN3O/c1-4-7-15-12-9-10(8-11(14)16-12)13(18)17(5-2)6-3/h8-9H,4-7H2,1-3H3,(H,15,16). The monoisotopic (exact) mass is 269 g/mol. The summed E-state index contributed by atoms with van der Waals surface area (Å²) >= 11 is 5.94. The highest BCUT2D eigenvalue weighted by Gasteiger charge is 2.14. The first-order valence-corrected chi connectivity index (χ1v) is 6.70. The molecule has 1 amide bonds. The van der Waals surface area contributed by atoms with Gasteiger partial charge in [0.25, 0.3) is 5.91 Å². The second-order valence-electron chi connectivity index (χ2n) is 3.97. The van der Waals surface area contributed by atoms with E-state index in [0.717, 1.165) is 13.0 Å². The fourth-order valence-electron chi connectivity index (χ4n) is 1.66. The van der Waals surface area contributed by atoms with Gasteiger partial charge in [-0.15, -0.1) is 0 Å². The molecule has 0 bridgehead atoms. The lowest BCUT2D eigenvalue weighted by molar-refractivity contribution is 0.0773. The number of nitrogens with one attached hydrogen (secondary N) is 1. The van der Waals surface area contributed by atoms with Crippen LogP contribution in [-0.4, -0.2) is 35.4 Å². The van der Waals surface area contributed by atoms with Gasteiger partial charge >= 0.3 is 0 Å². The summed E-state index contributed by atoms with van der Waals surface area (Å²) in [5, 5.41) is 3.48. The Balaban J connectivity index is 2.94. The van der Waals surface area contributed by atoms with Gasteiger partial charge < -0.3 is 10.2 Å². The molecule has 18 heavy (non-hydrogen) atoms. The Kier molecular flexibility index (Phi) is 5.92. The van der Waals surface area contributed by atoms with Crippen LogP contribution in [0.4, 0.5) is 5.82 Å². The fourth-order valence-corrected chi connectivity index (χ4v) is 1.87. The van der Waals surface area contributed by atoms with Gasteiger partial charge in [0, 0.05) is 25.2 Å². The second-order valence-corrected chi connectivity index (χ2v) is 4.36. The molecule has 1 aromatic heterocycles. The van der Waals surface area contributed by atoms with Gasteiger partial charge in [0.1, 0.15) is 11.0 Å². The van der Waals surface area contributed by atoms with Crippen LogP contribution < -0.4 is 5.32 Å². The van der Waals surface area contributed by atoms with E-state index in [1.807, 2.05) is 13.8 Å². The van der Waals surface area contributed by atoms with Gasteiger partial charge in [0.2, 0.25) is 0 Å². The van der Waals surface area contributed by atoms with Crippen molar-refractivity contribution < 1.29 is 4.79 Å². The van der Waals surface area contributed by atoms with Gasteiger partial charge in [-0.1, -0.05) is 18.5 Å². The number of nitrogens with zero attached hydrogens (tertiary/aromatic N) is 2. The Morgan fingerprint density at radius 3 is 2.56 bits per heavy atom. The molecule has 1 heterocycles. The molecule has 0 unspecified atom stereocenters. The Bertz CT molecular complexity index is 405. The normalized spacial score (nSPS) is 10.2. The summed E-state index contributed by atoms with van der Waals surface area (Å²) < 4.78 is 0. The quantitative estimate of drug-likeness (QED) is 0.808. The first-order valence-electron chi connectivity index (χ1n) is 6.33. The van der Waals surface area contributed by atoms with E-state index in [1.54, 1.807) is 17.0 Å². The number of carbonyl (C=O) groups excluding carboxylic acids is 1. The van der Waals surface area contributed by atoms with Crippen molar-refractivity contribution >= 4 is 23.3 Å². The number of anilines is 1. The first-order chi connectivity index (χ1) is 8.62. The lowest BCUT2D eigenvalue weighted by Crippen LogP contribution is -2.30. The molecule has 1 aromatic rings. The lowest BCUT2D eigenvalue weighted by atomic mass is 10.2. The van der Waals surface area contributed by atoms with Crippen molar-refractivity contribution in [3.8, 4) is 0 Å². The van der Waals surface area contributed by atoms with Gasteiger partial charge in [-0.3, -0.25) is 4.79 Å². The topological polar surface area (TPSA) is 45.2 Å². The van der Waals surface area contributed by atoms with Crippen molar-refractivity contribution in [2.75, 3.05) is 25.0 Å². The number of pyridine rings is 1. The van der Waals surface area contributed by atoms with E-state index < -0.39 is 0 Å². The predicted molar refractivity (Wildman–Crippen MR) is 75.3 cm³/mol. The maximum absolute atomic E-state index is 12.2. The fraction of sp³-hybridized carbons (Fsp3) is 0.538. The Morgan fingerprint density at radius 2 is 2.00 bits per heavy atom. The summed E-state index contributed by atoms with van der Waals surface area (Å²) in [4.78, 5) is 18.1. The third-order valence-corrected chi connectivity index (χ3v) is 2.84. The lowest BCUT2D eigenvalue weighted by Gasteiger charge is -2.19. The average molecular weight is 270 g/mol. The van der Waals surface area contributed by atoms with Crippen LogP contribution in [0.1, 0.15) is 37.6 Å². The van der Waals surface area contributed by atoms with E-state index in [-0.39, 0.29) is 5.91 Å². The van der Waals surface area contributed by atoms with Crippen molar-refractivity contribution in [2.24, 2.45) is 0 Å². The van der Waals surface area contributed by atoms with E-state index in [9.17, 15) is 4.79 Å². The molecule has 0 aliphatic carbocycles. The third kappa shape index (κ3) is 3.88. The molecule has 0 atom stereocenters. The molecule has 4 nitrogen and oxygen atoms in total. The molecule has 0 aromatic carbocycles. The summed E-state index contributed by atoms with van der Waals surface area (Å²) in [5.41, 5.74) is 0.581. The summed E-state index contributed by atoms with van der Waals surface area (Å²) in [6, 6.07) is 3.36. The van der Waals surface area contributed by atoms with Crippen molar-refractivity contribution in [3.05, 3.63) is 22.8 Å². The maximum Gasteiger partial charge on any atom is 0.254 e. The van der Waals surface area contributed by atoms with Crippen molar-refractivity contribution in [1.29, 1.82) is 0 Å². The number of carbonyl (C=O) groups is 1. The first kappa shape index (κ1) is 14.8. The minimum atomic E-state index is -0.0103. The average Bonchev–Trinajstić information content (AvgIpc) is 2.37. The zero-order chi connectivity index (χ0) is 13.5. The number of hydrogen-bond acceptors (Lipinski definition) is 3. The van der Waals surface area contributed by atoms with Crippen LogP contribution in [0.2, 0.25) is 5.15 Å². The molecule has 0 saturated heterocycles. The maximum atomic E-state index is 12.2. The van der Waals surface area contributed by atoms with Crippen LogP contribution >= 0.6 is 11.6 Å². The van der Waals surface area contributed by atoms with Gasteiger partial charge in [0.05, 0.1) is 0 Å². The van der Waals surface area contributed by atoms with Crippen LogP contribution in [0.5, 0.6) is 0 Å². The summed E-state index contributed by atoms with van der Waals surface area (Å²) in [5.74, 6) is 0.642. The van der Waals surface area contributed by atoms with Gasteiger partial charge in [-0.05, 0) is 32.4 Å². The van der Waals surface area contributed by atoms with Crippen molar-refractivity contribution in [1.82, 2.24) is 9.88 Å². The summed E-state index contributed by atoms with van der Waals surface area (Å²) in [6.45, 7) is 8.17. The van der Waals surface area contributed by atoms with Gasteiger partial charge in [-0.2, -0.15) is 0 Å². The number of halogens is 1. The SMILES string of the molecule is CCCNc1cc(C(=O)N(CC)CC)cc(Cl)n1. The van der Waals surface area contributed by atoms with E-state index in [0.29, 0.717) is 29.6 Å². The highest BCUT2D eigenvalue weighted by atomic mass is 35.5. The predicted octanol–water partition coefficient (Wildman–Crippen LogP) is 3.04. The van der Waals surface area contributed by atoms with Gasteiger partial charge in [0.15, 0.2) is 0 Å². The van der Waals surface area contributed by atoms with E-state index in [1.165, 1.54) is 0 Å². The Morgan fingerprint density at radius 1 is 1.33 bits per heavy atom. The second kappa shape index (κ2) is 7.21. The van der Waals surface area contributed by atoms with Crippen LogP contribution in [0.25, 0.3) is 0 Å². The van der Waals surface area contributed by atoms with E-state index >= 15 is 0 Å². The molecule has 0 fully saturated rings. The molecule has 5 heteroatoms. The highest BCUT2D eigenvalue weighted by molar-refractivity contribution is 6.29. The summed E-state index contributed by atoms with van der Waals surface area (Å²) in [6.07, 6.45) is 0.994. The molecular weight excluding hydrogens is 250 g/mol. The van der Waals surface area contributed by atoms with Crippen LogP contribution in [0.3, 0.4) is 0 Å². The zero-order valence-corrected chi connectivity index (χ0v) is 11.9. The number of amides is 1. The number of aromatic nitrogens is 1. The largest absolute Gasteiger partial charge is 0.370 e. The number of hydrogen-bond donors (Lipinski definition) is 1. The van der Waals surface area contributed by atoms with Crippen LogP contribution in [0, 0.1) is 0 Å². The van der Waals surface area contributed by atoms with Crippen molar-refractivity contribution in [3.63, 3.8) is 0 Å². The minimum Gasteiger partial charge on any atom is -0.370 e. The molecule has 0 spiro atoms. The Hall–Kier alpha value is -1.29. The molecule has 0 radical (unpaired) electrons. The summed E-state index contributed by atoms with van der Waals surface area (Å²) in [7, 11) is 0. The zero-order valence-electron chi connectivity index (χ0n) is 11.2. The molecule has 1 rings (SSSR count). The van der Waals surface area contributed by atoms with Gasteiger partial charge in [-0.25, -0.2) is 4.98 Å². The third-order valence-electron chi connectivity index (χ3n) is 2.65. The minimum absolute atomic E-state index is 0.0103. The molecule has 100 valence electrons. The molecule has 0 saturated carbocycles. The van der Waals surface area contributed by atoms with Crippen molar-refractivity contribution in [2.45, 2.75) is 27.2 Å². The van der Waals surface area contributed by atoms with Crippen LogP contribution in [-0.2, 0) is 0 Å².